The molecule has 2 aromatic rings. The lowest BCUT2D eigenvalue weighted by Gasteiger charge is -2.22. The van der Waals surface area contributed by atoms with E-state index in [1.807, 2.05) is 57.3 Å². The third-order valence-electron chi connectivity index (χ3n) is 4.27. The zero-order valence-corrected chi connectivity index (χ0v) is 16.3. The number of methoxy groups -OCH3 is 2. The van der Waals surface area contributed by atoms with Gasteiger partial charge in [-0.1, -0.05) is 17.7 Å². The summed E-state index contributed by atoms with van der Waals surface area (Å²) in [5, 5.41) is 10.3. The molecule has 0 bridgehead atoms. The molecule has 1 N–H and O–H groups in total. The summed E-state index contributed by atoms with van der Waals surface area (Å²) in [6.07, 6.45) is -0.568. The van der Waals surface area contributed by atoms with E-state index in [0.717, 1.165) is 22.6 Å². The van der Waals surface area contributed by atoms with Crippen LogP contribution in [-0.4, -0.2) is 50.5 Å². The van der Waals surface area contributed by atoms with Crippen LogP contribution >= 0.6 is 0 Å². The summed E-state index contributed by atoms with van der Waals surface area (Å²) in [5.41, 5.74) is 3.44. The molecule has 2 aromatic carbocycles. The standard InChI is InChI=1S/C21H29NO4/c1-15-6-8-19(9-7-15)26-14-18(23)13-22(3)12-17-11-21(25-5)20(24-4)10-16(17)2/h6-11,18,23H,12-14H2,1-5H3/t18-/m0/s1. The first-order valence-corrected chi connectivity index (χ1v) is 8.70. The molecule has 0 aliphatic heterocycles. The van der Waals surface area contributed by atoms with Crippen molar-refractivity contribution in [2.24, 2.45) is 0 Å². The Kier molecular flexibility index (Phi) is 7.30. The molecule has 0 radical (unpaired) electrons. The number of aliphatic hydroxyl groups excluding tert-OH is 1. The fraction of sp³-hybridized carbons (Fsp3) is 0.429. The second-order valence-corrected chi connectivity index (χ2v) is 6.61. The molecule has 0 aromatic heterocycles. The molecule has 5 nitrogen and oxygen atoms in total. The fourth-order valence-corrected chi connectivity index (χ4v) is 2.79. The number of aryl methyl sites for hydroxylation is 2. The number of rotatable bonds is 9. The molecule has 2 rings (SSSR count). The van der Waals surface area contributed by atoms with E-state index in [4.69, 9.17) is 14.2 Å². The Balaban J connectivity index is 1.89. The number of nitrogens with zero attached hydrogens (tertiary/aromatic N) is 1. The van der Waals surface area contributed by atoms with Crippen LogP contribution in [0.1, 0.15) is 16.7 Å². The Bertz CT molecular complexity index is 700. The van der Waals surface area contributed by atoms with Crippen molar-refractivity contribution in [2.45, 2.75) is 26.5 Å². The maximum atomic E-state index is 10.3. The maximum Gasteiger partial charge on any atom is 0.161 e. The molecule has 0 fully saturated rings. The predicted molar refractivity (Wildman–Crippen MR) is 103 cm³/mol. The fourth-order valence-electron chi connectivity index (χ4n) is 2.79. The molecular formula is C21H29NO4. The van der Waals surface area contributed by atoms with Gasteiger partial charge in [0.25, 0.3) is 0 Å². The van der Waals surface area contributed by atoms with Gasteiger partial charge in [0, 0.05) is 13.1 Å². The number of aliphatic hydroxyl groups is 1. The molecule has 1 atom stereocenters. The van der Waals surface area contributed by atoms with Gasteiger partial charge in [-0.25, -0.2) is 0 Å². The highest BCUT2D eigenvalue weighted by Gasteiger charge is 2.13. The lowest BCUT2D eigenvalue weighted by molar-refractivity contribution is 0.0743. The molecule has 0 saturated carbocycles. The molecule has 142 valence electrons. The van der Waals surface area contributed by atoms with Crippen molar-refractivity contribution >= 4 is 0 Å². The Morgan fingerprint density at radius 1 is 1.00 bits per heavy atom. The number of likely N-dealkylation sites (N-methyl/N-ethyl adjacent to an activating group) is 1. The van der Waals surface area contributed by atoms with Crippen molar-refractivity contribution in [3.63, 3.8) is 0 Å². The van der Waals surface area contributed by atoms with Gasteiger partial charge in [0.15, 0.2) is 11.5 Å². The van der Waals surface area contributed by atoms with Crippen molar-refractivity contribution in [3.05, 3.63) is 53.1 Å². The molecule has 0 aliphatic carbocycles. The summed E-state index contributed by atoms with van der Waals surface area (Å²) in [6.45, 7) is 5.55. The summed E-state index contributed by atoms with van der Waals surface area (Å²) in [7, 11) is 5.24. The van der Waals surface area contributed by atoms with E-state index in [1.165, 1.54) is 5.56 Å². The largest absolute Gasteiger partial charge is 0.493 e. The molecule has 26 heavy (non-hydrogen) atoms. The molecular weight excluding hydrogens is 330 g/mol. The Labute approximate surface area is 156 Å². The summed E-state index contributed by atoms with van der Waals surface area (Å²) in [4.78, 5) is 2.07. The highest BCUT2D eigenvalue weighted by Crippen LogP contribution is 2.30. The van der Waals surface area contributed by atoms with E-state index in [2.05, 4.69) is 4.90 Å². The average molecular weight is 359 g/mol. The van der Waals surface area contributed by atoms with E-state index in [0.29, 0.717) is 18.8 Å². The smallest absolute Gasteiger partial charge is 0.161 e. The van der Waals surface area contributed by atoms with E-state index < -0.39 is 6.10 Å². The Morgan fingerprint density at radius 2 is 1.62 bits per heavy atom. The van der Waals surface area contributed by atoms with Crippen LogP contribution in [-0.2, 0) is 6.54 Å². The van der Waals surface area contributed by atoms with Gasteiger partial charge in [0.1, 0.15) is 18.5 Å². The second-order valence-electron chi connectivity index (χ2n) is 6.61. The van der Waals surface area contributed by atoms with Crippen LogP contribution in [0.15, 0.2) is 36.4 Å². The van der Waals surface area contributed by atoms with Gasteiger partial charge in [0.2, 0.25) is 0 Å². The predicted octanol–water partition coefficient (Wildman–Crippen LogP) is 3.19. The van der Waals surface area contributed by atoms with Crippen molar-refractivity contribution in [3.8, 4) is 17.2 Å². The number of hydrogen-bond acceptors (Lipinski definition) is 5. The third kappa shape index (κ3) is 5.64. The van der Waals surface area contributed by atoms with E-state index in [1.54, 1.807) is 14.2 Å². The van der Waals surface area contributed by atoms with Crippen molar-refractivity contribution in [2.75, 3.05) is 34.4 Å². The van der Waals surface area contributed by atoms with Crippen molar-refractivity contribution in [1.82, 2.24) is 4.90 Å². The molecule has 5 heteroatoms. The van der Waals surface area contributed by atoms with Gasteiger partial charge >= 0.3 is 0 Å². The van der Waals surface area contributed by atoms with Gasteiger partial charge in [-0.2, -0.15) is 0 Å². The van der Waals surface area contributed by atoms with Crippen LogP contribution in [0, 0.1) is 13.8 Å². The first kappa shape index (κ1) is 20.1. The highest BCUT2D eigenvalue weighted by atomic mass is 16.5. The number of hydrogen-bond donors (Lipinski definition) is 1. The van der Waals surface area contributed by atoms with Crippen LogP contribution in [0.2, 0.25) is 0 Å². The lowest BCUT2D eigenvalue weighted by atomic mass is 10.1. The van der Waals surface area contributed by atoms with E-state index in [9.17, 15) is 5.11 Å². The minimum absolute atomic E-state index is 0.262. The second kappa shape index (κ2) is 9.46. The van der Waals surface area contributed by atoms with Crippen LogP contribution in [0.5, 0.6) is 17.2 Å². The van der Waals surface area contributed by atoms with Crippen LogP contribution in [0.25, 0.3) is 0 Å². The van der Waals surface area contributed by atoms with E-state index in [-0.39, 0.29) is 6.61 Å². The van der Waals surface area contributed by atoms with Crippen LogP contribution < -0.4 is 14.2 Å². The number of ether oxygens (including phenoxy) is 3. The first-order chi connectivity index (χ1) is 12.4. The monoisotopic (exact) mass is 359 g/mol. The zero-order chi connectivity index (χ0) is 19.1. The van der Waals surface area contributed by atoms with Crippen LogP contribution in [0.4, 0.5) is 0 Å². The maximum absolute atomic E-state index is 10.3. The van der Waals surface area contributed by atoms with Crippen molar-refractivity contribution in [1.29, 1.82) is 0 Å². The van der Waals surface area contributed by atoms with Gasteiger partial charge < -0.3 is 19.3 Å². The molecule has 0 saturated heterocycles. The molecule has 0 amide bonds. The molecule has 0 heterocycles. The summed E-state index contributed by atoms with van der Waals surface area (Å²) >= 11 is 0. The summed E-state index contributed by atoms with van der Waals surface area (Å²) in [5.74, 6) is 2.21. The minimum Gasteiger partial charge on any atom is -0.493 e. The minimum atomic E-state index is -0.568. The van der Waals surface area contributed by atoms with Gasteiger partial charge in [-0.05, 0) is 56.3 Å². The Hall–Kier alpha value is -2.24. The van der Waals surface area contributed by atoms with E-state index >= 15 is 0 Å². The first-order valence-electron chi connectivity index (χ1n) is 8.70. The van der Waals surface area contributed by atoms with Crippen LogP contribution in [0.3, 0.4) is 0 Å². The normalized spacial score (nSPS) is 12.1. The SMILES string of the molecule is COc1cc(C)c(CN(C)C[C@H](O)COc2ccc(C)cc2)cc1OC. The zero-order valence-electron chi connectivity index (χ0n) is 16.3. The molecule has 0 aliphatic rings. The molecule has 0 spiro atoms. The van der Waals surface area contributed by atoms with Crippen molar-refractivity contribution < 1.29 is 19.3 Å². The lowest BCUT2D eigenvalue weighted by Crippen LogP contribution is -2.33. The quantitative estimate of drug-likeness (QED) is 0.745. The highest BCUT2D eigenvalue weighted by molar-refractivity contribution is 5.47. The topological polar surface area (TPSA) is 51.2 Å². The third-order valence-corrected chi connectivity index (χ3v) is 4.27. The molecule has 0 unspecified atom stereocenters. The van der Waals surface area contributed by atoms with Gasteiger partial charge in [0.05, 0.1) is 14.2 Å². The van der Waals surface area contributed by atoms with Gasteiger partial charge in [-0.15, -0.1) is 0 Å². The van der Waals surface area contributed by atoms with Gasteiger partial charge in [-0.3, -0.25) is 4.90 Å². The average Bonchev–Trinajstić information content (AvgIpc) is 2.62. The Morgan fingerprint density at radius 3 is 2.23 bits per heavy atom. The number of benzene rings is 2. The summed E-state index contributed by atoms with van der Waals surface area (Å²) in [6, 6.07) is 11.8. The summed E-state index contributed by atoms with van der Waals surface area (Å²) < 4.78 is 16.4.